The van der Waals surface area contributed by atoms with Gasteiger partial charge in [0.2, 0.25) is 0 Å². The normalized spacial score (nSPS) is 10.7. The average molecular weight is 312 g/mol. The molecule has 0 radical (unpaired) electrons. The molecule has 0 atom stereocenters. The van der Waals surface area contributed by atoms with Gasteiger partial charge in [-0.3, -0.25) is 0 Å². The Balaban J connectivity index is 2.15. The quantitative estimate of drug-likeness (QED) is 0.798. The maximum Gasteiger partial charge on any atom is 0.355 e. The van der Waals surface area contributed by atoms with E-state index in [-0.39, 0.29) is 17.0 Å². The Kier molecular flexibility index (Phi) is 3.89. The highest BCUT2D eigenvalue weighted by molar-refractivity contribution is 6.01. The Labute approximate surface area is 131 Å². The van der Waals surface area contributed by atoms with E-state index in [1.807, 2.05) is 6.92 Å². The highest BCUT2D eigenvalue weighted by Gasteiger charge is 2.15. The third kappa shape index (κ3) is 2.96. The van der Waals surface area contributed by atoms with E-state index < -0.39 is 11.8 Å². The summed E-state index contributed by atoms with van der Waals surface area (Å²) in [5.74, 6) is -0.744. The van der Waals surface area contributed by atoms with Crippen molar-refractivity contribution in [2.45, 2.75) is 6.92 Å². The fourth-order valence-corrected chi connectivity index (χ4v) is 2.26. The topological polar surface area (TPSA) is 72.3 Å². The first-order chi connectivity index (χ1) is 11.1. The van der Waals surface area contributed by atoms with Crippen molar-refractivity contribution >= 4 is 16.9 Å². The number of aromatic nitrogens is 2. The van der Waals surface area contributed by atoms with Crippen molar-refractivity contribution in [1.29, 1.82) is 0 Å². The summed E-state index contributed by atoms with van der Waals surface area (Å²) in [5, 5.41) is 9.63. The molecule has 3 aromatic rings. The molecular formula is C17H13FN2O3. The number of nitrogens with zero attached hydrogens (tertiary/aromatic N) is 2. The van der Waals surface area contributed by atoms with Crippen LogP contribution in [0.15, 0.2) is 42.5 Å². The van der Waals surface area contributed by atoms with Gasteiger partial charge in [-0.05, 0) is 43.3 Å². The largest absolute Gasteiger partial charge is 0.494 e. The highest BCUT2D eigenvalue weighted by Crippen LogP contribution is 2.24. The van der Waals surface area contributed by atoms with Gasteiger partial charge in [-0.1, -0.05) is 0 Å². The lowest BCUT2D eigenvalue weighted by Gasteiger charge is -2.07. The van der Waals surface area contributed by atoms with Gasteiger partial charge in [-0.25, -0.2) is 19.2 Å². The first-order valence-corrected chi connectivity index (χ1v) is 7.02. The molecule has 0 amide bonds. The van der Waals surface area contributed by atoms with Gasteiger partial charge in [-0.15, -0.1) is 0 Å². The van der Waals surface area contributed by atoms with Crippen LogP contribution in [0.3, 0.4) is 0 Å². The van der Waals surface area contributed by atoms with Gasteiger partial charge in [0.1, 0.15) is 11.6 Å². The number of benzene rings is 2. The smallest absolute Gasteiger partial charge is 0.355 e. The Bertz CT molecular complexity index is 879. The van der Waals surface area contributed by atoms with Gasteiger partial charge in [0, 0.05) is 17.0 Å². The third-order valence-electron chi connectivity index (χ3n) is 3.29. The predicted molar refractivity (Wildman–Crippen MR) is 83.1 cm³/mol. The molecule has 0 aliphatic carbocycles. The van der Waals surface area contributed by atoms with E-state index in [0.29, 0.717) is 23.3 Å². The molecule has 116 valence electrons. The van der Waals surface area contributed by atoms with Crippen LogP contribution < -0.4 is 4.74 Å². The molecule has 5 nitrogen and oxygen atoms in total. The fraction of sp³-hybridized carbons (Fsp3) is 0.118. The highest BCUT2D eigenvalue weighted by atomic mass is 19.1. The molecule has 6 heteroatoms. The van der Waals surface area contributed by atoms with Gasteiger partial charge in [0.05, 0.1) is 12.1 Å². The summed E-state index contributed by atoms with van der Waals surface area (Å²) in [6.45, 7) is 2.43. The van der Waals surface area contributed by atoms with Gasteiger partial charge >= 0.3 is 5.97 Å². The molecule has 0 saturated heterocycles. The molecule has 0 bridgehead atoms. The maximum absolute atomic E-state index is 13.4. The van der Waals surface area contributed by atoms with Crippen LogP contribution in [0.2, 0.25) is 0 Å². The Morgan fingerprint density at radius 2 is 1.91 bits per heavy atom. The summed E-state index contributed by atoms with van der Waals surface area (Å²) in [6.07, 6.45) is 0. The summed E-state index contributed by atoms with van der Waals surface area (Å²) in [4.78, 5) is 19.8. The number of ether oxygens (including phenoxy) is 1. The summed E-state index contributed by atoms with van der Waals surface area (Å²) >= 11 is 0. The molecule has 0 fully saturated rings. The van der Waals surface area contributed by atoms with E-state index in [1.165, 1.54) is 18.2 Å². The van der Waals surface area contributed by atoms with Crippen molar-refractivity contribution in [3.63, 3.8) is 0 Å². The molecule has 23 heavy (non-hydrogen) atoms. The van der Waals surface area contributed by atoms with Gasteiger partial charge < -0.3 is 9.84 Å². The molecule has 2 aromatic carbocycles. The third-order valence-corrected chi connectivity index (χ3v) is 3.29. The van der Waals surface area contributed by atoms with E-state index >= 15 is 0 Å². The molecular weight excluding hydrogens is 299 g/mol. The minimum Gasteiger partial charge on any atom is -0.494 e. The van der Waals surface area contributed by atoms with Crippen LogP contribution in [0.5, 0.6) is 5.75 Å². The zero-order valence-electron chi connectivity index (χ0n) is 12.3. The number of carboxylic acids is 1. The summed E-state index contributed by atoms with van der Waals surface area (Å²) in [5.41, 5.74) is 0.724. The van der Waals surface area contributed by atoms with Crippen LogP contribution in [0, 0.1) is 5.82 Å². The van der Waals surface area contributed by atoms with E-state index in [9.17, 15) is 14.3 Å². The van der Waals surface area contributed by atoms with E-state index in [0.717, 1.165) is 0 Å². The number of fused-ring (bicyclic) bond motifs is 1. The minimum atomic E-state index is -1.18. The Morgan fingerprint density at radius 1 is 1.17 bits per heavy atom. The summed E-state index contributed by atoms with van der Waals surface area (Å²) in [7, 11) is 0. The van der Waals surface area contributed by atoms with Crippen molar-refractivity contribution in [3.05, 3.63) is 54.0 Å². The second-order valence-corrected chi connectivity index (χ2v) is 4.82. The summed E-state index contributed by atoms with van der Waals surface area (Å²) < 4.78 is 18.8. The number of halogens is 1. The first-order valence-electron chi connectivity index (χ1n) is 7.02. The van der Waals surface area contributed by atoms with Crippen LogP contribution in [0.25, 0.3) is 22.3 Å². The predicted octanol–water partition coefficient (Wildman–Crippen LogP) is 3.53. The average Bonchev–Trinajstić information content (AvgIpc) is 2.54. The lowest BCUT2D eigenvalue weighted by atomic mass is 10.1. The standard InChI is InChI=1S/C17H13FN2O3/c1-2-23-12-6-3-10(4-7-12)16-19-14-9-11(18)5-8-13(14)15(20-16)17(21)22/h3-9H,2H2,1H3,(H,21,22). The van der Waals surface area contributed by atoms with Crippen LogP contribution in [0.1, 0.15) is 17.4 Å². The molecule has 0 unspecified atom stereocenters. The molecule has 1 N–H and O–H groups in total. The van der Waals surface area contributed by atoms with Crippen molar-refractivity contribution in [2.24, 2.45) is 0 Å². The van der Waals surface area contributed by atoms with E-state index in [4.69, 9.17) is 4.74 Å². The number of carboxylic acid groups (broad SMARTS) is 1. The number of rotatable bonds is 4. The lowest BCUT2D eigenvalue weighted by Crippen LogP contribution is -2.05. The zero-order chi connectivity index (χ0) is 16.4. The zero-order valence-corrected chi connectivity index (χ0v) is 12.3. The van der Waals surface area contributed by atoms with Gasteiger partial charge in [0.25, 0.3) is 0 Å². The lowest BCUT2D eigenvalue weighted by molar-refractivity contribution is 0.0693. The first kappa shape index (κ1) is 14.9. The molecule has 0 aliphatic rings. The van der Waals surface area contributed by atoms with Crippen molar-refractivity contribution < 1.29 is 19.0 Å². The van der Waals surface area contributed by atoms with Crippen LogP contribution in [-0.4, -0.2) is 27.7 Å². The molecule has 0 saturated carbocycles. The van der Waals surface area contributed by atoms with Crippen LogP contribution >= 0.6 is 0 Å². The Hall–Kier alpha value is -3.02. The van der Waals surface area contributed by atoms with Gasteiger partial charge in [0.15, 0.2) is 11.5 Å². The fourth-order valence-electron chi connectivity index (χ4n) is 2.26. The van der Waals surface area contributed by atoms with E-state index in [2.05, 4.69) is 9.97 Å². The monoisotopic (exact) mass is 312 g/mol. The molecule has 0 spiro atoms. The second kappa shape index (κ2) is 6.00. The van der Waals surface area contributed by atoms with Crippen molar-refractivity contribution in [1.82, 2.24) is 9.97 Å². The molecule has 1 heterocycles. The maximum atomic E-state index is 13.4. The number of aromatic carboxylic acids is 1. The van der Waals surface area contributed by atoms with Crippen LogP contribution in [-0.2, 0) is 0 Å². The van der Waals surface area contributed by atoms with Crippen LogP contribution in [0.4, 0.5) is 4.39 Å². The molecule has 3 rings (SSSR count). The molecule has 0 aliphatic heterocycles. The minimum absolute atomic E-state index is 0.154. The second-order valence-electron chi connectivity index (χ2n) is 4.82. The number of hydrogen-bond acceptors (Lipinski definition) is 4. The number of carbonyl (C=O) groups is 1. The molecule has 1 aromatic heterocycles. The van der Waals surface area contributed by atoms with E-state index in [1.54, 1.807) is 24.3 Å². The SMILES string of the molecule is CCOc1ccc(-c2nc(C(=O)O)c3ccc(F)cc3n2)cc1. The number of hydrogen-bond donors (Lipinski definition) is 1. The van der Waals surface area contributed by atoms with Gasteiger partial charge in [-0.2, -0.15) is 0 Å². The van der Waals surface area contributed by atoms with Crippen molar-refractivity contribution in [2.75, 3.05) is 6.61 Å². The Morgan fingerprint density at radius 3 is 2.57 bits per heavy atom. The summed E-state index contributed by atoms with van der Waals surface area (Å²) in [6, 6.07) is 10.7. The van der Waals surface area contributed by atoms with Crippen molar-refractivity contribution in [3.8, 4) is 17.1 Å².